The zero-order chi connectivity index (χ0) is 11.5. The molecule has 86 valence electrons. The van der Waals surface area contributed by atoms with Gasteiger partial charge in [-0.3, -0.25) is 9.69 Å². The average Bonchev–Trinajstić information content (AvgIpc) is 2.85. The van der Waals surface area contributed by atoms with E-state index in [1.807, 2.05) is 5.38 Å². The van der Waals surface area contributed by atoms with Crippen LogP contribution in [0.15, 0.2) is 5.38 Å². The number of imide groups is 1. The lowest BCUT2D eigenvalue weighted by molar-refractivity contribution is -0.124. The number of carbonyl (C=O) groups excluding carboxylic acids is 2. The highest BCUT2D eigenvalue weighted by molar-refractivity contribution is 7.09. The summed E-state index contributed by atoms with van der Waals surface area (Å²) in [4.78, 5) is 28.0. The van der Waals surface area contributed by atoms with Gasteiger partial charge in [0.25, 0.3) is 0 Å². The van der Waals surface area contributed by atoms with Crippen molar-refractivity contribution < 1.29 is 9.59 Å². The Morgan fingerprint density at radius 2 is 2.38 bits per heavy atom. The van der Waals surface area contributed by atoms with E-state index in [4.69, 9.17) is 11.6 Å². The molecular formula is C9H10ClN3O2S. The summed E-state index contributed by atoms with van der Waals surface area (Å²) < 4.78 is 0. The molecule has 1 aromatic heterocycles. The van der Waals surface area contributed by atoms with Crippen LogP contribution in [0.25, 0.3) is 0 Å². The Balaban J connectivity index is 1.91. The third kappa shape index (κ3) is 2.33. The normalized spacial score (nSPS) is 15.7. The van der Waals surface area contributed by atoms with Gasteiger partial charge >= 0.3 is 6.03 Å². The Morgan fingerprint density at radius 1 is 1.56 bits per heavy atom. The van der Waals surface area contributed by atoms with Crippen molar-refractivity contribution >= 4 is 34.9 Å². The minimum absolute atomic E-state index is 0.101. The van der Waals surface area contributed by atoms with Gasteiger partial charge in [-0.2, -0.15) is 0 Å². The number of urea groups is 1. The van der Waals surface area contributed by atoms with Gasteiger partial charge in [0, 0.05) is 18.3 Å². The van der Waals surface area contributed by atoms with Crippen molar-refractivity contribution in [2.45, 2.75) is 12.3 Å². The van der Waals surface area contributed by atoms with Gasteiger partial charge in [0.1, 0.15) is 0 Å². The van der Waals surface area contributed by atoms with Crippen molar-refractivity contribution in [3.8, 4) is 0 Å². The molecule has 1 aliphatic rings. The maximum Gasteiger partial charge on any atom is 0.324 e. The Bertz CT molecular complexity index is 405. The number of halogens is 1. The summed E-state index contributed by atoms with van der Waals surface area (Å²) in [5.41, 5.74) is 0.832. The third-order valence-electron chi connectivity index (χ3n) is 2.22. The lowest BCUT2D eigenvalue weighted by atomic mass is 10.4. The number of hydrogen-bond donors (Lipinski definition) is 1. The van der Waals surface area contributed by atoms with Gasteiger partial charge in [0.15, 0.2) is 0 Å². The van der Waals surface area contributed by atoms with E-state index in [2.05, 4.69) is 10.3 Å². The van der Waals surface area contributed by atoms with Crippen LogP contribution in [0.5, 0.6) is 0 Å². The summed E-state index contributed by atoms with van der Waals surface area (Å²) >= 11 is 7.12. The number of nitrogens with one attached hydrogen (secondary N) is 1. The maximum absolute atomic E-state index is 11.3. The van der Waals surface area contributed by atoms with Crippen LogP contribution >= 0.6 is 22.9 Å². The predicted molar refractivity (Wildman–Crippen MR) is 60.5 cm³/mol. The molecule has 1 aromatic rings. The van der Waals surface area contributed by atoms with E-state index in [1.165, 1.54) is 16.2 Å². The first-order valence-electron chi connectivity index (χ1n) is 4.78. The summed E-state index contributed by atoms with van der Waals surface area (Å²) in [6, 6.07) is -0.320. The van der Waals surface area contributed by atoms with Crippen molar-refractivity contribution in [3.05, 3.63) is 16.1 Å². The molecule has 0 saturated carbocycles. The van der Waals surface area contributed by atoms with Gasteiger partial charge in [0.05, 0.1) is 23.1 Å². The summed E-state index contributed by atoms with van der Waals surface area (Å²) in [7, 11) is 0. The minimum Gasteiger partial charge on any atom is -0.329 e. The second-order valence-electron chi connectivity index (χ2n) is 3.32. The number of thiazole rings is 1. The Kier molecular flexibility index (Phi) is 3.40. The van der Waals surface area contributed by atoms with Gasteiger partial charge in [0.2, 0.25) is 5.91 Å². The van der Waals surface area contributed by atoms with Gasteiger partial charge in [-0.25, -0.2) is 9.78 Å². The van der Waals surface area contributed by atoms with Crippen molar-refractivity contribution in [2.75, 3.05) is 13.1 Å². The lowest BCUT2D eigenvalue weighted by Crippen LogP contribution is -2.32. The maximum atomic E-state index is 11.3. The highest BCUT2D eigenvalue weighted by Crippen LogP contribution is 2.13. The SMILES string of the molecule is O=C1CNC(=O)N1CCc1nc(CCl)cs1. The zero-order valence-corrected chi connectivity index (χ0v) is 9.98. The van der Waals surface area contributed by atoms with Gasteiger partial charge in [-0.05, 0) is 0 Å². The Morgan fingerprint density at radius 3 is 2.94 bits per heavy atom. The highest BCUT2D eigenvalue weighted by Gasteiger charge is 2.27. The first kappa shape index (κ1) is 11.3. The summed E-state index contributed by atoms with van der Waals surface area (Å²) in [5, 5.41) is 5.25. The topological polar surface area (TPSA) is 62.3 Å². The fraction of sp³-hybridized carbons (Fsp3) is 0.444. The second-order valence-corrected chi connectivity index (χ2v) is 4.53. The molecule has 0 atom stereocenters. The average molecular weight is 260 g/mol. The number of amides is 3. The van der Waals surface area contributed by atoms with Crippen LogP contribution in [0.1, 0.15) is 10.7 Å². The van der Waals surface area contributed by atoms with Crippen molar-refractivity contribution in [1.29, 1.82) is 0 Å². The zero-order valence-electron chi connectivity index (χ0n) is 8.40. The molecule has 1 saturated heterocycles. The van der Waals surface area contributed by atoms with Gasteiger partial charge < -0.3 is 5.32 Å². The predicted octanol–water partition coefficient (Wildman–Crippen LogP) is 0.976. The van der Waals surface area contributed by atoms with E-state index in [9.17, 15) is 9.59 Å². The van der Waals surface area contributed by atoms with Crippen molar-refractivity contribution in [1.82, 2.24) is 15.2 Å². The fourth-order valence-electron chi connectivity index (χ4n) is 1.41. The smallest absolute Gasteiger partial charge is 0.324 e. The van der Waals surface area contributed by atoms with Gasteiger partial charge in [-0.15, -0.1) is 22.9 Å². The van der Waals surface area contributed by atoms with E-state index in [-0.39, 0.29) is 18.5 Å². The number of aromatic nitrogens is 1. The number of nitrogens with zero attached hydrogens (tertiary/aromatic N) is 2. The van der Waals surface area contributed by atoms with Crippen LogP contribution in [0.4, 0.5) is 4.79 Å². The van der Waals surface area contributed by atoms with E-state index in [1.54, 1.807) is 0 Å². The summed E-state index contributed by atoms with van der Waals surface area (Å²) in [6.45, 7) is 0.476. The number of carbonyl (C=O) groups is 2. The van der Waals surface area contributed by atoms with Crippen LogP contribution in [0.3, 0.4) is 0 Å². The molecule has 0 aliphatic carbocycles. The number of hydrogen-bond acceptors (Lipinski definition) is 4. The number of rotatable bonds is 4. The molecular weight excluding hydrogens is 250 g/mol. The van der Waals surface area contributed by atoms with Crippen molar-refractivity contribution in [3.63, 3.8) is 0 Å². The monoisotopic (exact) mass is 259 g/mol. The molecule has 1 N–H and O–H groups in total. The van der Waals surface area contributed by atoms with E-state index < -0.39 is 0 Å². The molecule has 0 bridgehead atoms. The first-order chi connectivity index (χ1) is 7.70. The minimum atomic E-state index is -0.320. The van der Waals surface area contributed by atoms with Crippen LogP contribution in [0, 0.1) is 0 Å². The van der Waals surface area contributed by atoms with E-state index in [0.29, 0.717) is 18.8 Å². The molecule has 2 heterocycles. The third-order valence-corrected chi connectivity index (χ3v) is 3.45. The fourth-order valence-corrected chi connectivity index (χ4v) is 2.43. The van der Waals surface area contributed by atoms with E-state index in [0.717, 1.165) is 10.7 Å². The molecule has 7 heteroatoms. The second kappa shape index (κ2) is 4.80. The molecule has 2 rings (SSSR count). The lowest BCUT2D eigenvalue weighted by Gasteiger charge is -2.10. The quantitative estimate of drug-likeness (QED) is 0.648. The first-order valence-corrected chi connectivity index (χ1v) is 6.19. The van der Waals surface area contributed by atoms with Crippen LogP contribution < -0.4 is 5.32 Å². The summed E-state index contributed by atoms with van der Waals surface area (Å²) in [6.07, 6.45) is 0.584. The Labute approximate surface area is 101 Å². The molecule has 3 amide bonds. The van der Waals surface area contributed by atoms with Crippen molar-refractivity contribution in [2.24, 2.45) is 0 Å². The molecule has 16 heavy (non-hydrogen) atoms. The molecule has 0 spiro atoms. The van der Waals surface area contributed by atoms with Crippen LogP contribution in [-0.4, -0.2) is 34.9 Å². The molecule has 0 unspecified atom stereocenters. The van der Waals surface area contributed by atoms with Crippen LogP contribution in [-0.2, 0) is 17.1 Å². The molecule has 0 radical (unpaired) electrons. The highest BCUT2D eigenvalue weighted by atomic mass is 35.5. The van der Waals surface area contributed by atoms with Gasteiger partial charge in [-0.1, -0.05) is 0 Å². The largest absolute Gasteiger partial charge is 0.329 e. The molecule has 1 fully saturated rings. The van der Waals surface area contributed by atoms with Crippen LogP contribution in [0.2, 0.25) is 0 Å². The number of alkyl halides is 1. The molecule has 5 nitrogen and oxygen atoms in total. The Hall–Kier alpha value is -1.14. The molecule has 0 aromatic carbocycles. The summed E-state index contributed by atoms with van der Waals surface area (Å²) in [5.74, 6) is 0.207. The van der Waals surface area contributed by atoms with E-state index >= 15 is 0 Å². The molecule has 1 aliphatic heterocycles. The standard InChI is InChI=1S/C9H10ClN3O2S/c10-3-6-5-16-7(12-6)1-2-13-8(14)4-11-9(13)15/h5H,1-4H2,(H,11,15).